The topological polar surface area (TPSA) is 120 Å². The third-order valence-electron chi connectivity index (χ3n) is 4.19. The quantitative estimate of drug-likeness (QED) is 0.541. The van der Waals surface area contributed by atoms with E-state index in [0.29, 0.717) is 36.4 Å². The van der Waals surface area contributed by atoms with Crippen LogP contribution < -0.4 is 10.0 Å². The lowest BCUT2D eigenvalue weighted by molar-refractivity contribution is 0.579. The Morgan fingerprint density at radius 2 is 1.86 bits per heavy atom. The number of sulfonamides is 1. The minimum atomic E-state index is -3.65. The van der Waals surface area contributed by atoms with E-state index in [4.69, 9.17) is 0 Å². The first kappa shape index (κ1) is 20.0. The number of nitrogens with one attached hydrogen (secondary N) is 2. The van der Waals surface area contributed by atoms with E-state index in [-0.39, 0.29) is 11.6 Å². The number of nitrogens with zero attached hydrogens (tertiary/aromatic N) is 6. The van der Waals surface area contributed by atoms with Gasteiger partial charge in [0.05, 0.1) is 0 Å². The van der Waals surface area contributed by atoms with Gasteiger partial charge in [0.25, 0.3) is 10.0 Å². The van der Waals surface area contributed by atoms with Crippen molar-refractivity contribution in [2.45, 2.75) is 39.3 Å². The summed E-state index contributed by atoms with van der Waals surface area (Å²) in [5.41, 5.74) is 0. The van der Waals surface area contributed by atoms with E-state index >= 15 is 0 Å². The van der Waals surface area contributed by atoms with Crippen LogP contribution in [-0.4, -0.2) is 50.6 Å². The zero-order valence-electron chi connectivity index (χ0n) is 16.3. The highest BCUT2D eigenvalue weighted by atomic mass is 32.2. The summed E-state index contributed by atoms with van der Waals surface area (Å²) in [4.78, 5) is 17.1. The molecular formula is C17H24N8O2S. The van der Waals surface area contributed by atoms with Gasteiger partial charge in [-0.2, -0.15) is 0 Å². The van der Waals surface area contributed by atoms with Crippen molar-refractivity contribution in [3.05, 3.63) is 42.1 Å². The number of rotatable bonds is 8. The molecule has 0 bridgehead atoms. The minimum absolute atomic E-state index is 0.0302. The second-order valence-corrected chi connectivity index (χ2v) is 7.95. The minimum Gasteiger partial charge on any atom is -0.369 e. The molecule has 3 rings (SSSR count). The molecule has 0 saturated carbocycles. The zero-order chi connectivity index (χ0) is 20.3. The van der Waals surface area contributed by atoms with Gasteiger partial charge in [0.15, 0.2) is 5.03 Å². The maximum Gasteiger partial charge on any atom is 0.259 e. The molecule has 0 saturated heterocycles. The molecule has 0 aliphatic carbocycles. The third-order valence-corrected chi connectivity index (χ3v) is 5.52. The summed E-state index contributed by atoms with van der Waals surface area (Å²) in [6.07, 6.45) is 5.07. The fourth-order valence-corrected chi connectivity index (χ4v) is 3.80. The first-order valence-electron chi connectivity index (χ1n) is 8.93. The molecule has 11 heteroatoms. The largest absolute Gasteiger partial charge is 0.369 e. The Morgan fingerprint density at radius 1 is 1.07 bits per heavy atom. The number of aromatic nitrogens is 6. The molecule has 10 nitrogen and oxygen atoms in total. The van der Waals surface area contributed by atoms with Gasteiger partial charge in [-0.15, -0.1) is 0 Å². The van der Waals surface area contributed by atoms with Gasteiger partial charge < -0.3 is 9.88 Å². The van der Waals surface area contributed by atoms with Crippen molar-refractivity contribution >= 4 is 15.8 Å². The van der Waals surface area contributed by atoms with Gasteiger partial charge in [-0.25, -0.2) is 33.1 Å². The van der Waals surface area contributed by atoms with Crippen molar-refractivity contribution < 1.29 is 8.42 Å². The highest BCUT2D eigenvalue weighted by Crippen LogP contribution is 2.13. The second kappa shape index (κ2) is 8.07. The van der Waals surface area contributed by atoms with Gasteiger partial charge in [-0.05, 0) is 27.7 Å². The van der Waals surface area contributed by atoms with Crippen LogP contribution in [0, 0.1) is 20.8 Å². The normalized spacial score (nSPS) is 11.7. The lowest BCUT2D eigenvalue weighted by Gasteiger charge is -2.10. The average Bonchev–Trinajstić information content (AvgIpc) is 3.24. The van der Waals surface area contributed by atoms with Crippen LogP contribution in [0.1, 0.15) is 24.4 Å². The van der Waals surface area contributed by atoms with Crippen LogP contribution in [-0.2, 0) is 16.6 Å². The van der Waals surface area contributed by atoms with Gasteiger partial charge in [0.1, 0.15) is 29.1 Å². The van der Waals surface area contributed by atoms with E-state index in [1.165, 1.54) is 0 Å². The van der Waals surface area contributed by atoms with E-state index in [1.807, 2.05) is 24.6 Å². The molecule has 2 N–H and O–H groups in total. The molecule has 0 atom stereocenters. The van der Waals surface area contributed by atoms with Crippen LogP contribution >= 0.6 is 0 Å². The van der Waals surface area contributed by atoms with E-state index in [0.717, 1.165) is 5.82 Å². The van der Waals surface area contributed by atoms with Gasteiger partial charge >= 0.3 is 0 Å². The molecule has 0 aromatic carbocycles. The summed E-state index contributed by atoms with van der Waals surface area (Å²) < 4.78 is 30.9. The highest BCUT2D eigenvalue weighted by molar-refractivity contribution is 7.89. The Balaban J connectivity index is 1.62. The van der Waals surface area contributed by atoms with E-state index in [9.17, 15) is 8.42 Å². The van der Waals surface area contributed by atoms with Gasteiger partial charge in [0.2, 0.25) is 0 Å². The van der Waals surface area contributed by atoms with Gasteiger partial charge in [-0.1, -0.05) is 0 Å². The van der Waals surface area contributed by atoms with Crippen LogP contribution in [0.5, 0.6) is 0 Å². The Bertz CT molecular complexity index is 1070. The lowest BCUT2D eigenvalue weighted by atomic mass is 10.4. The summed E-state index contributed by atoms with van der Waals surface area (Å²) in [6.45, 7) is 8.64. The fourth-order valence-electron chi connectivity index (χ4n) is 2.76. The molecule has 0 unspecified atom stereocenters. The Labute approximate surface area is 164 Å². The fraction of sp³-hybridized carbons (Fsp3) is 0.412. The Kier molecular flexibility index (Phi) is 5.75. The van der Waals surface area contributed by atoms with Crippen molar-refractivity contribution in [3.63, 3.8) is 0 Å². The van der Waals surface area contributed by atoms with Crippen LogP contribution in [0.2, 0.25) is 0 Å². The van der Waals surface area contributed by atoms with Crippen molar-refractivity contribution in [3.8, 4) is 5.82 Å². The predicted octanol–water partition coefficient (Wildman–Crippen LogP) is 1.19. The average molecular weight is 405 g/mol. The highest BCUT2D eigenvalue weighted by Gasteiger charge is 2.18. The summed E-state index contributed by atoms with van der Waals surface area (Å²) in [5, 5.41) is 3.15. The second-order valence-electron chi connectivity index (χ2n) is 6.24. The molecule has 150 valence electrons. The first-order chi connectivity index (χ1) is 13.3. The Hall–Kier alpha value is -2.79. The standard InChI is InChI=1S/C17H24N8O2S/c1-5-24-11-17(23-14(24)4)28(26,27)20-7-6-19-15-10-16(22-12(2)21-15)25-9-8-18-13(25)3/h8-11,20H,5-7H2,1-4H3,(H,19,21,22). The van der Waals surface area contributed by atoms with E-state index in [1.54, 1.807) is 36.9 Å². The molecule has 3 heterocycles. The monoisotopic (exact) mass is 404 g/mol. The van der Waals surface area contributed by atoms with Crippen LogP contribution in [0.3, 0.4) is 0 Å². The maximum atomic E-state index is 12.4. The molecule has 0 radical (unpaired) electrons. The molecule has 3 aromatic rings. The van der Waals surface area contributed by atoms with Crippen LogP contribution in [0.25, 0.3) is 5.82 Å². The van der Waals surface area contributed by atoms with Gasteiger partial charge in [0, 0.05) is 44.3 Å². The lowest BCUT2D eigenvalue weighted by Crippen LogP contribution is -2.29. The first-order valence-corrected chi connectivity index (χ1v) is 10.4. The summed E-state index contributed by atoms with van der Waals surface area (Å²) in [6, 6.07) is 1.79. The summed E-state index contributed by atoms with van der Waals surface area (Å²) in [7, 11) is -3.65. The van der Waals surface area contributed by atoms with Crippen LogP contribution in [0.4, 0.5) is 5.82 Å². The van der Waals surface area contributed by atoms with Crippen molar-refractivity contribution in [2.75, 3.05) is 18.4 Å². The van der Waals surface area contributed by atoms with Crippen LogP contribution in [0.15, 0.2) is 29.7 Å². The third kappa shape index (κ3) is 4.37. The Morgan fingerprint density at radius 3 is 2.50 bits per heavy atom. The van der Waals surface area contributed by atoms with E-state index in [2.05, 4.69) is 30.0 Å². The predicted molar refractivity (Wildman–Crippen MR) is 105 cm³/mol. The number of imidazole rings is 2. The van der Waals surface area contributed by atoms with Crippen molar-refractivity contribution in [1.29, 1.82) is 0 Å². The zero-order valence-corrected chi connectivity index (χ0v) is 17.2. The van der Waals surface area contributed by atoms with Crippen molar-refractivity contribution in [2.24, 2.45) is 0 Å². The molecule has 0 fully saturated rings. The summed E-state index contributed by atoms with van der Waals surface area (Å²) in [5.74, 6) is 3.40. The SMILES string of the molecule is CCn1cc(S(=O)(=O)NCCNc2cc(-n3ccnc3C)nc(C)n2)nc1C. The van der Waals surface area contributed by atoms with Crippen molar-refractivity contribution in [1.82, 2.24) is 33.8 Å². The number of hydrogen-bond acceptors (Lipinski definition) is 7. The maximum absolute atomic E-state index is 12.4. The number of hydrogen-bond donors (Lipinski definition) is 2. The summed E-state index contributed by atoms with van der Waals surface area (Å²) >= 11 is 0. The molecule has 0 amide bonds. The molecule has 28 heavy (non-hydrogen) atoms. The van der Waals surface area contributed by atoms with E-state index < -0.39 is 10.0 Å². The number of aryl methyl sites for hydroxylation is 4. The molecule has 0 spiro atoms. The molecule has 0 aliphatic heterocycles. The van der Waals surface area contributed by atoms with Gasteiger partial charge in [-0.3, -0.25) is 4.57 Å². The molecular weight excluding hydrogens is 380 g/mol. The smallest absolute Gasteiger partial charge is 0.259 e. The molecule has 3 aromatic heterocycles. The molecule has 0 aliphatic rings. The number of anilines is 1.